The highest BCUT2D eigenvalue weighted by Gasteiger charge is 2.36. The van der Waals surface area contributed by atoms with Gasteiger partial charge in [-0.2, -0.15) is 13.2 Å². The Morgan fingerprint density at radius 2 is 1.78 bits per heavy atom. The molecule has 1 aliphatic heterocycles. The number of nitrogens with zero attached hydrogens (tertiary/aromatic N) is 2. The van der Waals surface area contributed by atoms with E-state index in [2.05, 4.69) is 10.6 Å². The molecule has 3 aromatic rings. The second-order valence-electron chi connectivity index (χ2n) is 8.46. The van der Waals surface area contributed by atoms with Gasteiger partial charge in [-0.3, -0.25) is 14.4 Å². The molecule has 194 valence electrons. The van der Waals surface area contributed by atoms with E-state index >= 15 is 0 Å². The Morgan fingerprint density at radius 1 is 1.08 bits per heavy atom. The minimum Gasteiger partial charge on any atom is -0.343 e. The van der Waals surface area contributed by atoms with Crippen LogP contribution < -0.4 is 10.6 Å². The van der Waals surface area contributed by atoms with E-state index in [4.69, 9.17) is 11.6 Å². The fraction of sp³-hybridized carbons (Fsp3) is 0.208. The minimum atomic E-state index is -4.90. The highest BCUT2D eigenvalue weighted by molar-refractivity contribution is 6.31. The molecule has 0 spiro atoms. The van der Waals surface area contributed by atoms with Gasteiger partial charge in [0.1, 0.15) is 23.9 Å². The van der Waals surface area contributed by atoms with Crippen molar-refractivity contribution in [2.75, 3.05) is 19.4 Å². The molecule has 7 nitrogen and oxygen atoms in total. The maximum absolute atomic E-state index is 14.1. The van der Waals surface area contributed by atoms with Crippen molar-refractivity contribution in [1.29, 1.82) is 0 Å². The molecular formula is C24H18ClF5N4O3. The summed E-state index contributed by atoms with van der Waals surface area (Å²) in [6, 6.07) is 4.88. The lowest BCUT2D eigenvalue weighted by atomic mass is 10.0. The average molecular weight is 541 g/mol. The summed E-state index contributed by atoms with van der Waals surface area (Å²) in [6.07, 6.45) is -4.90. The van der Waals surface area contributed by atoms with Crippen molar-refractivity contribution in [2.24, 2.45) is 0 Å². The van der Waals surface area contributed by atoms with Crippen molar-refractivity contribution >= 4 is 35.0 Å². The third-order valence-electron chi connectivity index (χ3n) is 5.65. The fourth-order valence-electron chi connectivity index (χ4n) is 4.01. The van der Waals surface area contributed by atoms with Crippen LogP contribution in [0.3, 0.4) is 0 Å². The zero-order valence-electron chi connectivity index (χ0n) is 19.2. The number of benzene rings is 2. The Morgan fingerprint density at radius 3 is 2.43 bits per heavy atom. The molecule has 2 aromatic carbocycles. The molecule has 1 atom stereocenters. The molecule has 1 aromatic heterocycles. The molecule has 1 unspecified atom stereocenters. The molecule has 0 saturated carbocycles. The van der Waals surface area contributed by atoms with E-state index in [0.717, 1.165) is 12.1 Å². The number of hydrogen-bond donors (Lipinski definition) is 2. The Labute approximate surface area is 211 Å². The summed E-state index contributed by atoms with van der Waals surface area (Å²) >= 11 is 6.26. The molecule has 0 fully saturated rings. The number of nitrogens with one attached hydrogen (secondary N) is 2. The van der Waals surface area contributed by atoms with E-state index in [1.165, 1.54) is 35.7 Å². The average Bonchev–Trinajstić information content (AvgIpc) is 3.16. The van der Waals surface area contributed by atoms with Crippen LogP contribution in [0.4, 0.5) is 27.6 Å². The number of carbonyl (C=O) groups is 3. The predicted octanol–water partition coefficient (Wildman–Crippen LogP) is 4.61. The van der Waals surface area contributed by atoms with Crippen LogP contribution in [0.15, 0.2) is 42.5 Å². The Kier molecular flexibility index (Phi) is 6.72. The van der Waals surface area contributed by atoms with Crippen molar-refractivity contribution in [2.45, 2.75) is 18.8 Å². The summed E-state index contributed by atoms with van der Waals surface area (Å²) in [5.74, 6) is -4.15. The number of hydrogen-bond acceptors (Lipinski definition) is 3. The smallest absolute Gasteiger partial charge is 0.343 e. The van der Waals surface area contributed by atoms with Gasteiger partial charge in [0.15, 0.2) is 0 Å². The number of rotatable bonds is 4. The van der Waals surface area contributed by atoms with Crippen LogP contribution >= 0.6 is 11.6 Å². The van der Waals surface area contributed by atoms with Gasteiger partial charge in [-0.15, -0.1) is 0 Å². The van der Waals surface area contributed by atoms with E-state index in [-0.39, 0.29) is 40.3 Å². The SMILES string of the molecule is CN(C)C(=O)c1cc(NC(=O)c2cc(F)cc(C(F)(F)F)c2)c2n1CC(=O)NC2c1cc(F)ccc1Cl. The van der Waals surface area contributed by atoms with Gasteiger partial charge >= 0.3 is 6.18 Å². The summed E-state index contributed by atoms with van der Waals surface area (Å²) in [4.78, 5) is 39.6. The molecule has 37 heavy (non-hydrogen) atoms. The number of fused-ring (bicyclic) bond motifs is 1. The lowest BCUT2D eigenvalue weighted by Gasteiger charge is -2.29. The normalized spacial score (nSPS) is 15.1. The second kappa shape index (κ2) is 9.51. The Hall–Kier alpha value is -3.93. The van der Waals surface area contributed by atoms with Gasteiger partial charge in [-0.25, -0.2) is 8.78 Å². The van der Waals surface area contributed by atoms with Crippen LogP contribution in [0.1, 0.15) is 43.7 Å². The molecule has 0 saturated heterocycles. The molecule has 0 bridgehead atoms. The van der Waals surface area contributed by atoms with E-state index in [9.17, 15) is 36.3 Å². The quantitative estimate of drug-likeness (QED) is 0.474. The highest BCUT2D eigenvalue weighted by atomic mass is 35.5. The number of carbonyl (C=O) groups excluding carboxylic acids is 3. The van der Waals surface area contributed by atoms with Crippen LogP contribution in [-0.4, -0.2) is 41.3 Å². The van der Waals surface area contributed by atoms with Gasteiger partial charge in [-0.1, -0.05) is 11.6 Å². The van der Waals surface area contributed by atoms with Gasteiger partial charge in [-0.05, 0) is 42.5 Å². The largest absolute Gasteiger partial charge is 0.416 e. The van der Waals surface area contributed by atoms with Crippen molar-refractivity contribution in [3.63, 3.8) is 0 Å². The van der Waals surface area contributed by atoms with Crippen LogP contribution in [0.25, 0.3) is 0 Å². The van der Waals surface area contributed by atoms with Gasteiger partial charge < -0.3 is 20.1 Å². The standard InChI is InChI=1S/C24H18ClF5N4O3/c1-33(2)23(37)18-9-17(31-22(36)11-5-12(24(28,29)30)7-14(27)6-11)21-20(32-19(35)10-34(18)21)15-8-13(26)3-4-16(15)25/h3-9,20H,10H2,1-2H3,(H,31,36)(H,32,35). The van der Waals surface area contributed by atoms with Gasteiger partial charge in [0.25, 0.3) is 11.8 Å². The topological polar surface area (TPSA) is 83.4 Å². The lowest BCUT2D eigenvalue weighted by Crippen LogP contribution is -2.41. The van der Waals surface area contributed by atoms with Crippen molar-refractivity contribution in [1.82, 2.24) is 14.8 Å². The molecule has 2 heterocycles. The van der Waals surface area contributed by atoms with E-state index < -0.39 is 52.7 Å². The van der Waals surface area contributed by atoms with Crippen molar-refractivity contribution < 1.29 is 36.3 Å². The molecular weight excluding hydrogens is 523 g/mol. The molecule has 0 radical (unpaired) electrons. The number of halogens is 6. The molecule has 2 N–H and O–H groups in total. The summed E-state index contributed by atoms with van der Waals surface area (Å²) in [7, 11) is 2.91. The van der Waals surface area contributed by atoms with Crippen molar-refractivity contribution in [3.8, 4) is 0 Å². The van der Waals surface area contributed by atoms with Gasteiger partial charge in [0, 0.05) is 30.2 Å². The molecule has 3 amide bonds. The number of amides is 3. The zero-order valence-corrected chi connectivity index (χ0v) is 20.0. The third-order valence-corrected chi connectivity index (χ3v) is 5.99. The fourth-order valence-corrected chi connectivity index (χ4v) is 4.24. The first kappa shape index (κ1) is 26.1. The zero-order chi connectivity index (χ0) is 27.2. The van der Waals surface area contributed by atoms with Crippen LogP contribution in [0.2, 0.25) is 5.02 Å². The Bertz CT molecular complexity index is 1430. The molecule has 1 aliphatic rings. The first-order valence-electron chi connectivity index (χ1n) is 10.6. The number of anilines is 1. The minimum absolute atomic E-state index is 0.0297. The van der Waals surface area contributed by atoms with Crippen molar-refractivity contribution in [3.05, 3.63) is 87.2 Å². The first-order valence-corrected chi connectivity index (χ1v) is 11.0. The Balaban J connectivity index is 1.86. The molecule has 0 aliphatic carbocycles. The number of alkyl halides is 3. The predicted molar refractivity (Wildman–Crippen MR) is 123 cm³/mol. The second-order valence-corrected chi connectivity index (χ2v) is 8.87. The molecule has 4 rings (SSSR count). The monoisotopic (exact) mass is 540 g/mol. The first-order chi connectivity index (χ1) is 17.3. The van der Waals surface area contributed by atoms with Crippen LogP contribution in [0.5, 0.6) is 0 Å². The third kappa shape index (κ3) is 5.15. The van der Waals surface area contributed by atoms with E-state index in [1.807, 2.05) is 0 Å². The maximum Gasteiger partial charge on any atom is 0.416 e. The summed E-state index contributed by atoms with van der Waals surface area (Å²) in [6.45, 7) is -0.345. The summed E-state index contributed by atoms with van der Waals surface area (Å²) in [5.41, 5.74) is -1.86. The molecule has 13 heteroatoms. The summed E-state index contributed by atoms with van der Waals surface area (Å²) in [5, 5.41) is 5.11. The van der Waals surface area contributed by atoms with Gasteiger partial charge in [0.05, 0.1) is 23.0 Å². The van der Waals surface area contributed by atoms with Crippen LogP contribution in [0, 0.1) is 11.6 Å². The lowest BCUT2D eigenvalue weighted by molar-refractivity contribution is -0.137. The van der Waals surface area contributed by atoms with Gasteiger partial charge in [0.2, 0.25) is 5.91 Å². The van der Waals surface area contributed by atoms with E-state index in [1.54, 1.807) is 0 Å². The summed E-state index contributed by atoms with van der Waals surface area (Å²) < 4.78 is 68.7. The van der Waals surface area contributed by atoms with Crippen LogP contribution in [-0.2, 0) is 17.5 Å². The van der Waals surface area contributed by atoms with E-state index in [0.29, 0.717) is 12.1 Å². The highest BCUT2D eigenvalue weighted by Crippen LogP contribution is 2.38. The maximum atomic E-state index is 14.1. The number of aromatic nitrogens is 1.